The Balaban J connectivity index is 2.37. The van der Waals surface area contributed by atoms with E-state index >= 15 is 0 Å². The van der Waals surface area contributed by atoms with Gasteiger partial charge in [-0.3, -0.25) is 4.79 Å². The van der Waals surface area contributed by atoms with E-state index in [1.54, 1.807) is 6.07 Å². The van der Waals surface area contributed by atoms with Crippen molar-refractivity contribution in [3.8, 4) is 0 Å². The third kappa shape index (κ3) is 5.23. The summed E-state index contributed by atoms with van der Waals surface area (Å²) in [6, 6.07) is 1.73. The van der Waals surface area contributed by atoms with Crippen LogP contribution >= 0.6 is 22.6 Å². The molecule has 1 aromatic rings. The molecule has 0 saturated carbocycles. The maximum atomic E-state index is 11.7. The predicted molar refractivity (Wildman–Crippen MR) is 81.5 cm³/mol. The first-order valence-electron chi connectivity index (χ1n) is 6.51. The fourth-order valence-corrected chi connectivity index (χ4v) is 2.37. The van der Waals surface area contributed by atoms with Gasteiger partial charge in [0.15, 0.2) is 0 Å². The number of unbranched alkanes of at least 4 members (excludes halogenated alkanes) is 5. The van der Waals surface area contributed by atoms with E-state index in [0.29, 0.717) is 0 Å². The molecule has 1 rings (SSSR count). The number of rotatable bonds is 7. The molecule has 0 bridgehead atoms. The third-order valence-electron chi connectivity index (χ3n) is 3.02. The Hall–Kier alpha value is -0.320. The molecule has 0 N–H and O–H groups in total. The molecule has 2 nitrogen and oxygen atoms in total. The van der Waals surface area contributed by atoms with Crippen LogP contribution in [0.3, 0.4) is 0 Å². The van der Waals surface area contributed by atoms with E-state index in [9.17, 15) is 4.79 Å². The van der Waals surface area contributed by atoms with Gasteiger partial charge in [0.05, 0.1) is 0 Å². The van der Waals surface area contributed by atoms with Crippen molar-refractivity contribution in [1.29, 1.82) is 0 Å². The van der Waals surface area contributed by atoms with Crippen LogP contribution in [0.1, 0.15) is 51.0 Å². The molecule has 1 aromatic heterocycles. The Morgan fingerprint density at radius 1 is 1.18 bits per heavy atom. The number of hydrogen-bond donors (Lipinski definition) is 0. The average Bonchev–Trinajstić information content (AvgIpc) is 2.30. The van der Waals surface area contributed by atoms with Crippen LogP contribution in [-0.4, -0.2) is 4.57 Å². The number of pyridine rings is 1. The summed E-state index contributed by atoms with van der Waals surface area (Å²) in [5, 5.41) is 0. The summed E-state index contributed by atoms with van der Waals surface area (Å²) < 4.78 is 3.02. The molecule has 0 saturated heterocycles. The third-order valence-corrected chi connectivity index (χ3v) is 4.15. The van der Waals surface area contributed by atoms with Crippen LogP contribution in [0.2, 0.25) is 0 Å². The molecule has 0 radical (unpaired) electrons. The summed E-state index contributed by atoms with van der Waals surface area (Å²) in [5.74, 6) is 0. The van der Waals surface area contributed by atoms with E-state index in [2.05, 4.69) is 29.5 Å². The highest BCUT2D eigenvalue weighted by atomic mass is 127. The number of halogens is 1. The monoisotopic (exact) mass is 347 g/mol. The van der Waals surface area contributed by atoms with Crippen LogP contribution in [0.4, 0.5) is 0 Å². The maximum absolute atomic E-state index is 11.7. The van der Waals surface area contributed by atoms with Crippen LogP contribution in [0, 0.1) is 10.5 Å². The van der Waals surface area contributed by atoms with Gasteiger partial charge >= 0.3 is 0 Å². The zero-order valence-corrected chi connectivity index (χ0v) is 13.0. The summed E-state index contributed by atoms with van der Waals surface area (Å²) in [4.78, 5) is 11.7. The van der Waals surface area contributed by atoms with Gasteiger partial charge < -0.3 is 4.57 Å². The summed E-state index contributed by atoms with van der Waals surface area (Å²) in [6.07, 6.45) is 9.57. The highest BCUT2D eigenvalue weighted by Gasteiger charge is 2.00. The molecule has 17 heavy (non-hydrogen) atoms. The van der Waals surface area contributed by atoms with E-state index < -0.39 is 0 Å². The lowest BCUT2D eigenvalue weighted by atomic mass is 10.1. The van der Waals surface area contributed by atoms with Crippen molar-refractivity contribution in [1.82, 2.24) is 4.57 Å². The van der Waals surface area contributed by atoms with E-state index in [0.717, 1.165) is 18.5 Å². The van der Waals surface area contributed by atoms with Gasteiger partial charge in [-0.05, 0) is 41.5 Å². The van der Waals surface area contributed by atoms with Gasteiger partial charge in [-0.2, -0.15) is 0 Å². The van der Waals surface area contributed by atoms with Crippen molar-refractivity contribution >= 4 is 22.6 Å². The van der Waals surface area contributed by atoms with Gasteiger partial charge in [0.25, 0.3) is 5.56 Å². The molecular formula is C14H22INO. The molecule has 0 aliphatic carbocycles. The molecule has 0 unspecified atom stereocenters. The van der Waals surface area contributed by atoms with Gasteiger partial charge in [0.1, 0.15) is 0 Å². The Morgan fingerprint density at radius 3 is 2.53 bits per heavy atom. The summed E-state index contributed by atoms with van der Waals surface area (Å²) >= 11 is 2.29. The minimum Gasteiger partial charge on any atom is -0.314 e. The second kappa shape index (κ2) is 7.90. The van der Waals surface area contributed by atoms with Crippen LogP contribution in [0.25, 0.3) is 0 Å². The quantitative estimate of drug-likeness (QED) is 0.537. The average molecular weight is 347 g/mol. The van der Waals surface area contributed by atoms with E-state index in [1.165, 1.54) is 35.7 Å². The first kappa shape index (κ1) is 14.7. The van der Waals surface area contributed by atoms with Gasteiger partial charge in [-0.15, -0.1) is 0 Å². The molecule has 0 spiro atoms. The van der Waals surface area contributed by atoms with Gasteiger partial charge in [0, 0.05) is 22.4 Å². The zero-order valence-electron chi connectivity index (χ0n) is 10.8. The van der Waals surface area contributed by atoms with E-state index in [4.69, 9.17) is 0 Å². The Kier molecular flexibility index (Phi) is 6.85. The van der Waals surface area contributed by atoms with E-state index in [1.807, 2.05) is 17.7 Å². The Morgan fingerprint density at radius 2 is 1.82 bits per heavy atom. The second-order valence-corrected chi connectivity index (χ2v) is 5.77. The normalized spacial score (nSPS) is 10.8. The van der Waals surface area contributed by atoms with Crippen LogP contribution in [0.5, 0.6) is 0 Å². The van der Waals surface area contributed by atoms with Crippen molar-refractivity contribution in [2.75, 3.05) is 0 Å². The maximum Gasteiger partial charge on any atom is 0.250 e. The predicted octanol–water partition coefficient (Wildman–Crippen LogP) is 4.12. The number of nitrogens with zero attached hydrogens (tertiary/aromatic N) is 1. The molecule has 0 aromatic carbocycles. The largest absolute Gasteiger partial charge is 0.314 e. The summed E-state index contributed by atoms with van der Waals surface area (Å²) in [6.45, 7) is 5.08. The highest BCUT2D eigenvalue weighted by molar-refractivity contribution is 14.1. The lowest BCUT2D eigenvalue weighted by Gasteiger charge is -2.07. The van der Waals surface area contributed by atoms with Crippen molar-refractivity contribution in [3.05, 3.63) is 31.8 Å². The molecule has 0 amide bonds. The molecule has 3 heteroatoms. The number of aromatic nitrogens is 1. The fourth-order valence-electron chi connectivity index (χ4n) is 1.88. The van der Waals surface area contributed by atoms with Crippen molar-refractivity contribution < 1.29 is 0 Å². The molecule has 1 heterocycles. The lowest BCUT2D eigenvalue weighted by molar-refractivity contribution is 0.548. The van der Waals surface area contributed by atoms with Crippen LogP contribution in [-0.2, 0) is 6.54 Å². The van der Waals surface area contributed by atoms with Gasteiger partial charge in [-0.25, -0.2) is 0 Å². The zero-order chi connectivity index (χ0) is 12.7. The summed E-state index contributed by atoms with van der Waals surface area (Å²) in [7, 11) is 0. The van der Waals surface area contributed by atoms with Crippen molar-refractivity contribution in [2.45, 2.75) is 58.9 Å². The fraction of sp³-hybridized carbons (Fsp3) is 0.643. The van der Waals surface area contributed by atoms with Crippen molar-refractivity contribution in [2.24, 2.45) is 0 Å². The molecule has 0 aliphatic rings. The number of aryl methyl sites for hydroxylation is 2. The van der Waals surface area contributed by atoms with Gasteiger partial charge in [-0.1, -0.05) is 39.0 Å². The molecule has 0 atom stereocenters. The second-order valence-electron chi connectivity index (χ2n) is 4.60. The Bertz CT molecular complexity index is 398. The molecule has 0 aliphatic heterocycles. The highest BCUT2D eigenvalue weighted by Crippen LogP contribution is 2.09. The minimum absolute atomic E-state index is 0.136. The van der Waals surface area contributed by atoms with E-state index in [-0.39, 0.29) is 5.56 Å². The SMILES string of the molecule is CCCCCCCCn1cc(I)c(C)cc1=O. The number of hydrogen-bond acceptors (Lipinski definition) is 1. The molecule has 0 fully saturated rings. The van der Waals surface area contributed by atoms with Gasteiger partial charge in [0.2, 0.25) is 0 Å². The first-order chi connectivity index (χ1) is 8.15. The summed E-state index contributed by atoms with van der Waals surface area (Å²) in [5.41, 5.74) is 1.21. The van der Waals surface area contributed by atoms with Crippen molar-refractivity contribution in [3.63, 3.8) is 0 Å². The standard InChI is InChI=1S/C14H22INO/c1-3-4-5-6-7-8-9-16-11-13(15)12(2)10-14(16)17/h10-11H,3-9H2,1-2H3. The lowest BCUT2D eigenvalue weighted by Crippen LogP contribution is -2.19. The Labute approximate surface area is 118 Å². The minimum atomic E-state index is 0.136. The smallest absolute Gasteiger partial charge is 0.250 e. The topological polar surface area (TPSA) is 22.0 Å². The van der Waals surface area contributed by atoms with Crippen LogP contribution < -0.4 is 5.56 Å². The first-order valence-corrected chi connectivity index (χ1v) is 7.59. The molecule has 96 valence electrons. The molecular weight excluding hydrogens is 325 g/mol. The van der Waals surface area contributed by atoms with Crippen LogP contribution in [0.15, 0.2) is 17.1 Å².